The Balaban J connectivity index is 3.22. The number of ether oxygens (including phenoxy) is 1. The quantitative estimate of drug-likeness (QED) is 0.251. The van der Waals surface area contributed by atoms with Crippen LogP contribution >= 0.6 is 11.8 Å². The second-order valence-corrected chi connectivity index (χ2v) is 7.94. The number of carbonyl (C=O) groups excluding carboxylic acids is 1. The van der Waals surface area contributed by atoms with Crippen molar-refractivity contribution < 1.29 is 14.6 Å². The number of thioether (sulfide) groups is 1. The molecule has 0 aliphatic heterocycles. The highest BCUT2D eigenvalue weighted by molar-refractivity contribution is 7.99. The van der Waals surface area contributed by atoms with E-state index in [0.29, 0.717) is 0 Å². The van der Waals surface area contributed by atoms with Crippen LogP contribution in [0, 0.1) is 0 Å². The molecule has 0 heterocycles. The Hall–Kier alpha value is -0.260. The van der Waals surface area contributed by atoms with Gasteiger partial charge in [0.25, 0.3) is 0 Å². The first kappa shape index (κ1) is 24.7. The average Bonchev–Trinajstić information content (AvgIpc) is 2.64. The Labute approximate surface area is 160 Å². The van der Waals surface area contributed by atoms with Gasteiger partial charge in [-0.1, -0.05) is 58.3 Å². The molecule has 0 saturated carbocycles. The van der Waals surface area contributed by atoms with Gasteiger partial charge < -0.3 is 14.7 Å². The third-order valence-electron chi connectivity index (χ3n) is 4.52. The van der Waals surface area contributed by atoms with Gasteiger partial charge in [-0.05, 0) is 25.0 Å². The second-order valence-electron chi connectivity index (χ2n) is 6.79. The molecular weight excluding hydrogens is 334 g/mol. The Morgan fingerprint density at radius 2 is 1.52 bits per heavy atom. The van der Waals surface area contributed by atoms with Crippen molar-refractivity contribution in [2.45, 2.75) is 83.7 Å². The fraction of sp³-hybridized carbons (Fsp3) is 0.950. The van der Waals surface area contributed by atoms with Crippen LogP contribution in [0.2, 0.25) is 0 Å². The number of nitrogens with zero attached hydrogens (tertiary/aromatic N) is 1. The Morgan fingerprint density at radius 3 is 2.04 bits per heavy atom. The Kier molecular flexibility index (Phi) is 19.8. The van der Waals surface area contributed by atoms with Crippen LogP contribution in [-0.2, 0) is 9.53 Å². The number of unbranched alkanes of at least 4 members (excludes halogenated alkanes) is 9. The number of carbonyl (C=O) groups is 1. The van der Waals surface area contributed by atoms with Gasteiger partial charge in [0.2, 0.25) is 6.41 Å². The average molecular weight is 376 g/mol. The van der Waals surface area contributed by atoms with E-state index in [9.17, 15) is 4.79 Å². The second kappa shape index (κ2) is 20.1. The van der Waals surface area contributed by atoms with Crippen molar-refractivity contribution in [1.29, 1.82) is 0 Å². The van der Waals surface area contributed by atoms with Gasteiger partial charge in [-0.3, -0.25) is 4.79 Å². The number of hydrogen-bond acceptors (Lipinski definition) is 4. The molecule has 150 valence electrons. The summed E-state index contributed by atoms with van der Waals surface area (Å²) in [6.45, 7) is 4.14. The maximum absolute atomic E-state index is 10.9. The van der Waals surface area contributed by atoms with Gasteiger partial charge >= 0.3 is 0 Å². The van der Waals surface area contributed by atoms with Crippen molar-refractivity contribution in [3.63, 3.8) is 0 Å². The van der Waals surface area contributed by atoms with E-state index in [1.54, 1.807) is 7.11 Å². The lowest BCUT2D eigenvalue weighted by atomic mass is 10.1. The Bertz CT molecular complexity index is 276. The lowest BCUT2D eigenvalue weighted by Crippen LogP contribution is -2.24. The summed E-state index contributed by atoms with van der Waals surface area (Å²) in [5.74, 6) is 2.07. The molecule has 1 unspecified atom stereocenters. The molecule has 0 aromatic carbocycles. The zero-order chi connectivity index (χ0) is 18.6. The molecule has 0 aliphatic carbocycles. The molecular formula is C20H41NO3S. The first-order chi connectivity index (χ1) is 12.3. The van der Waals surface area contributed by atoms with E-state index in [1.807, 2.05) is 16.7 Å². The summed E-state index contributed by atoms with van der Waals surface area (Å²) in [6.07, 6.45) is 14.9. The van der Waals surface area contributed by atoms with E-state index in [-0.39, 0.29) is 12.7 Å². The minimum atomic E-state index is -0.00439. The highest BCUT2D eigenvalue weighted by Crippen LogP contribution is 2.13. The molecule has 5 heteroatoms. The van der Waals surface area contributed by atoms with Crippen molar-refractivity contribution >= 4 is 18.2 Å². The molecule has 0 spiro atoms. The topological polar surface area (TPSA) is 49.8 Å². The highest BCUT2D eigenvalue weighted by atomic mass is 32.2. The number of methoxy groups -OCH3 is 1. The summed E-state index contributed by atoms with van der Waals surface area (Å²) in [5.41, 5.74) is 0. The van der Waals surface area contributed by atoms with Gasteiger partial charge in [0.15, 0.2) is 0 Å². The SMILES string of the molecule is CCCCN(C=O)CCCCCCCCCCCSCC(CO)OC. The minimum Gasteiger partial charge on any atom is -0.394 e. The monoisotopic (exact) mass is 375 g/mol. The molecule has 0 aromatic heterocycles. The maximum atomic E-state index is 10.9. The van der Waals surface area contributed by atoms with E-state index in [4.69, 9.17) is 9.84 Å². The third-order valence-corrected chi connectivity index (χ3v) is 5.71. The molecule has 4 nitrogen and oxygen atoms in total. The first-order valence-corrected chi connectivity index (χ1v) is 11.3. The third kappa shape index (κ3) is 16.9. The zero-order valence-electron chi connectivity index (χ0n) is 16.6. The minimum absolute atomic E-state index is 0.00439. The van der Waals surface area contributed by atoms with E-state index in [0.717, 1.165) is 44.5 Å². The van der Waals surface area contributed by atoms with E-state index in [1.165, 1.54) is 57.1 Å². The zero-order valence-corrected chi connectivity index (χ0v) is 17.4. The molecule has 0 rings (SSSR count). The summed E-state index contributed by atoms with van der Waals surface area (Å²) in [6, 6.07) is 0. The van der Waals surface area contributed by atoms with Crippen LogP contribution in [0.25, 0.3) is 0 Å². The molecule has 1 amide bonds. The predicted molar refractivity (Wildman–Crippen MR) is 109 cm³/mol. The largest absolute Gasteiger partial charge is 0.394 e. The smallest absolute Gasteiger partial charge is 0.209 e. The summed E-state index contributed by atoms with van der Waals surface area (Å²) >= 11 is 1.88. The van der Waals surface area contributed by atoms with Crippen molar-refractivity contribution in [3.05, 3.63) is 0 Å². The van der Waals surface area contributed by atoms with Crippen LogP contribution < -0.4 is 0 Å². The molecule has 0 aromatic rings. The number of aliphatic hydroxyl groups excluding tert-OH is 1. The number of hydrogen-bond donors (Lipinski definition) is 1. The number of rotatable bonds is 20. The first-order valence-electron chi connectivity index (χ1n) is 10.2. The van der Waals surface area contributed by atoms with Crippen LogP contribution in [0.5, 0.6) is 0 Å². The van der Waals surface area contributed by atoms with Crippen LogP contribution in [0.1, 0.15) is 77.6 Å². The molecule has 0 aliphatic rings. The molecule has 0 fully saturated rings. The highest BCUT2D eigenvalue weighted by Gasteiger charge is 2.04. The molecule has 25 heavy (non-hydrogen) atoms. The van der Waals surface area contributed by atoms with Gasteiger partial charge in [-0.2, -0.15) is 11.8 Å². The van der Waals surface area contributed by atoms with Crippen LogP contribution in [-0.4, -0.2) is 60.8 Å². The molecule has 1 N–H and O–H groups in total. The lowest BCUT2D eigenvalue weighted by molar-refractivity contribution is -0.118. The normalized spacial score (nSPS) is 12.3. The summed E-state index contributed by atoms with van der Waals surface area (Å²) < 4.78 is 5.15. The van der Waals surface area contributed by atoms with Crippen molar-refractivity contribution in [2.75, 3.05) is 38.3 Å². The standard InChI is InChI=1S/C20H41NO3S/c1-3-4-14-21(19-23)15-12-10-8-6-5-7-9-11-13-16-25-18-20(17-22)24-2/h19-20,22H,3-18H2,1-2H3. The Morgan fingerprint density at radius 1 is 0.960 bits per heavy atom. The molecule has 0 bridgehead atoms. The molecule has 0 radical (unpaired) electrons. The fourth-order valence-electron chi connectivity index (χ4n) is 2.74. The predicted octanol–water partition coefficient (Wildman–Crippen LogP) is 4.50. The van der Waals surface area contributed by atoms with Gasteiger partial charge in [0, 0.05) is 26.0 Å². The van der Waals surface area contributed by atoms with Gasteiger partial charge in [0.1, 0.15) is 0 Å². The molecule has 0 saturated heterocycles. The van der Waals surface area contributed by atoms with Crippen molar-refractivity contribution in [3.8, 4) is 0 Å². The fourth-order valence-corrected chi connectivity index (χ4v) is 3.82. The lowest BCUT2D eigenvalue weighted by Gasteiger charge is -2.16. The van der Waals surface area contributed by atoms with Crippen LogP contribution in [0.4, 0.5) is 0 Å². The van der Waals surface area contributed by atoms with Gasteiger partial charge in [-0.25, -0.2) is 0 Å². The van der Waals surface area contributed by atoms with Gasteiger partial charge in [0.05, 0.1) is 12.7 Å². The number of amides is 1. The number of aliphatic hydroxyl groups is 1. The van der Waals surface area contributed by atoms with Crippen molar-refractivity contribution in [2.24, 2.45) is 0 Å². The van der Waals surface area contributed by atoms with Crippen LogP contribution in [0.15, 0.2) is 0 Å². The summed E-state index contributed by atoms with van der Waals surface area (Å²) in [5, 5.41) is 9.02. The maximum Gasteiger partial charge on any atom is 0.209 e. The summed E-state index contributed by atoms with van der Waals surface area (Å²) in [4.78, 5) is 12.8. The van der Waals surface area contributed by atoms with Crippen LogP contribution in [0.3, 0.4) is 0 Å². The van der Waals surface area contributed by atoms with E-state index < -0.39 is 0 Å². The van der Waals surface area contributed by atoms with E-state index in [2.05, 4.69) is 6.92 Å². The van der Waals surface area contributed by atoms with Gasteiger partial charge in [-0.15, -0.1) is 0 Å². The van der Waals surface area contributed by atoms with E-state index >= 15 is 0 Å². The summed E-state index contributed by atoms with van der Waals surface area (Å²) in [7, 11) is 1.66. The molecule has 1 atom stereocenters. The van der Waals surface area contributed by atoms with Crippen molar-refractivity contribution in [1.82, 2.24) is 4.90 Å².